The average molecular weight is 247 g/mol. The third-order valence-electron chi connectivity index (χ3n) is 1.51. The molecule has 1 aromatic rings. The molecule has 0 unspecified atom stereocenters. The lowest BCUT2D eigenvalue weighted by molar-refractivity contribution is 0.0629. The Morgan fingerprint density at radius 1 is 1.31 bits per heavy atom. The second kappa shape index (κ2) is 5.21. The molecule has 0 fully saturated rings. The third kappa shape index (κ3) is 3.34. The number of benzene rings is 1. The van der Waals surface area contributed by atoms with Crippen molar-refractivity contribution in [1.29, 1.82) is 0 Å². The maximum atomic E-state index is 8.76. The predicted octanol–water partition coefficient (Wildman–Crippen LogP) is 1.18. The minimum Gasteiger partial charge on any atom is -0.486 e. The normalized spacial score (nSPS) is 10.5. The number of ether oxygens (including phenoxy) is 1. The van der Waals surface area contributed by atoms with E-state index in [9.17, 15) is 0 Å². The third-order valence-corrected chi connectivity index (χ3v) is 2.00. The van der Waals surface area contributed by atoms with Gasteiger partial charge in [-0.3, -0.25) is 0 Å². The Bertz CT molecular complexity index is 261. The van der Waals surface area contributed by atoms with Gasteiger partial charge in [0.15, 0.2) is 0 Å². The van der Waals surface area contributed by atoms with E-state index < -0.39 is 6.10 Å². The van der Waals surface area contributed by atoms with Gasteiger partial charge in [0.2, 0.25) is 0 Å². The van der Waals surface area contributed by atoms with Gasteiger partial charge >= 0.3 is 0 Å². The zero-order valence-electron chi connectivity index (χ0n) is 6.98. The zero-order valence-corrected chi connectivity index (χ0v) is 8.57. The van der Waals surface area contributed by atoms with Crippen LogP contribution in [0, 0.1) is 0 Å². The van der Waals surface area contributed by atoms with E-state index in [0.29, 0.717) is 5.75 Å². The number of hydrogen-bond donors (Lipinski definition) is 2. The van der Waals surface area contributed by atoms with Crippen LogP contribution in [0.4, 0.5) is 0 Å². The van der Waals surface area contributed by atoms with Crippen LogP contribution in [-0.4, -0.2) is 29.5 Å². The largest absolute Gasteiger partial charge is 0.486 e. The first-order valence-corrected chi connectivity index (χ1v) is 4.69. The van der Waals surface area contributed by atoms with E-state index in [1.54, 1.807) is 12.1 Å². The Kier molecular flexibility index (Phi) is 4.21. The molecule has 0 bridgehead atoms. The van der Waals surface area contributed by atoms with Crippen LogP contribution in [0.5, 0.6) is 5.75 Å². The fourth-order valence-corrected chi connectivity index (χ4v) is 1.24. The average Bonchev–Trinajstić information content (AvgIpc) is 2.14. The predicted molar refractivity (Wildman–Crippen MR) is 52.7 cm³/mol. The van der Waals surface area contributed by atoms with E-state index in [-0.39, 0.29) is 13.2 Å². The SMILES string of the molecule is OCC(CO)Oc1cccc(Br)c1. The van der Waals surface area contributed by atoms with E-state index in [1.807, 2.05) is 12.1 Å². The van der Waals surface area contributed by atoms with Crippen LogP contribution in [0.25, 0.3) is 0 Å². The van der Waals surface area contributed by atoms with Crippen LogP contribution in [0.3, 0.4) is 0 Å². The van der Waals surface area contributed by atoms with Crippen LogP contribution in [0.15, 0.2) is 28.7 Å². The minimum atomic E-state index is -0.547. The number of rotatable bonds is 4. The Balaban J connectivity index is 2.62. The Labute approximate surface area is 85.1 Å². The molecule has 72 valence electrons. The van der Waals surface area contributed by atoms with Gasteiger partial charge in [0.25, 0.3) is 0 Å². The van der Waals surface area contributed by atoms with Gasteiger partial charge in [0, 0.05) is 4.47 Å². The topological polar surface area (TPSA) is 49.7 Å². The summed E-state index contributed by atoms with van der Waals surface area (Å²) >= 11 is 3.29. The smallest absolute Gasteiger partial charge is 0.145 e. The molecule has 0 saturated heterocycles. The standard InChI is InChI=1S/C9H11BrO3/c10-7-2-1-3-8(4-7)13-9(5-11)6-12/h1-4,9,11-12H,5-6H2. The highest BCUT2D eigenvalue weighted by molar-refractivity contribution is 9.10. The van der Waals surface area contributed by atoms with Gasteiger partial charge in [-0.25, -0.2) is 0 Å². The molecular formula is C9H11BrO3. The summed E-state index contributed by atoms with van der Waals surface area (Å²) in [5.41, 5.74) is 0. The lowest BCUT2D eigenvalue weighted by Gasteiger charge is -2.13. The summed E-state index contributed by atoms with van der Waals surface area (Å²) in [6, 6.07) is 7.24. The molecule has 0 amide bonds. The molecule has 0 aromatic heterocycles. The fraction of sp³-hybridized carbons (Fsp3) is 0.333. The van der Waals surface area contributed by atoms with Crippen LogP contribution in [0.1, 0.15) is 0 Å². The summed E-state index contributed by atoms with van der Waals surface area (Å²) in [5.74, 6) is 0.627. The van der Waals surface area contributed by atoms with E-state index >= 15 is 0 Å². The van der Waals surface area contributed by atoms with Crippen molar-refractivity contribution < 1.29 is 14.9 Å². The zero-order chi connectivity index (χ0) is 9.68. The fourth-order valence-electron chi connectivity index (χ4n) is 0.865. The first kappa shape index (κ1) is 10.5. The first-order valence-electron chi connectivity index (χ1n) is 3.90. The number of hydrogen-bond acceptors (Lipinski definition) is 3. The molecule has 0 aliphatic rings. The molecule has 0 aliphatic heterocycles. The molecule has 1 aromatic carbocycles. The van der Waals surface area contributed by atoms with Crippen molar-refractivity contribution >= 4 is 15.9 Å². The molecule has 0 atom stereocenters. The van der Waals surface area contributed by atoms with Crippen LogP contribution in [-0.2, 0) is 0 Å². The van der Waals surface area contributed by atoms with Gasteiger partial charge in [-0.1, -0.05) is 22.0 Å². The number of aliphatic hydroxyl groups is 2. The maximum absolute atomic E-state index is 8.76. The van der Waals surface area contributed by atoms with E-state index in [2.05, 4.69) is 15.9 Å². The molecule has 13 heavy (non-hydrogen) atoms. The Hall–Kier alpha value is -0.580. The molecule has 1 rings (SSSR count). The Morgan fingerprint density at radius 2 is 2.00 bits per heavy atom. The van der Waals surface area contributed by atoms with Crippen molar-refractivity contribution in [2.24, 2.45) is 0 Å². The maximum Gasteiger partial charge on any atom is 0.145 e. The molecular weight excluding hydrogens is 236 g/mol. The van der Waals surface area contributed by atoms with Crippen molar-refractivity contribution in [2.75, 3.05) is 13.2 Å². The lowest BCUT2D eigenvalue weighted by Crippen LogP contribution is -2.25. The molecule has 0 aliphatic carbocycles. The lowest BCUT2D eigenvalue weighted by atomic mass is 10.3. The van der Waals surface area contributed by atoms with Crippen molar-refractivity contribution in [3.8, 4) is 5.75 Å². The first-order chi connectivity index (χ1) is 6.26. The van der Waals surface area contributed by atoms with E-state index in [1.165, 1.54) is 0 Å². The summed E-state index contributed by atoms with van der Waals surface area (Å²) < 4.78 is 6.17. The summed E-state index contributed by atoms with van der Waals surface area (Å²) in [6.07, 6.45) is -0.547. The van der Waals surface area contributed by atoms with E-state index in [0.717, 1.165) is 4.47 Å². The van der Waals surface area contributed by atoms with Crippen LogP contribution in [0.2, 0.25) is 0 Å². The molecule has 3 nitrogen and oxygen atoms in total. The summed E-state index contributed by atoms with van der Waals surface area (Å²) in [4.78, 5) is 0. The summed E-state index contributed by atoms with van der Waals surface area (Å²) in [5, 5.41) is 17.5. The van der Waals surface area contributed by atoms with Crippen molar-refractivity contribution in [1.82, 2.24) is 0 Å². The molecule has 0 saturated carbocycles. The van der Waals surface area contributed by atoms with Gasteiger partial charge in [-0.05, 0) is 18.2 Å². The van der Waals surface area contributed by atoms with Crippen LogP contribution >= 0.6 is 15.9 Å². The van der Waals surface area contributed by atoms with Gasteiger partial charge in [0.1, 0.15) is 11.9 Å². The molecule has 0 spiro atoms. The molecule has 0 radical (unpaired) electrons. The second-order valence-electron chi connectivity index (χ2n) is 2.56. The van der Waals surface area contributed by atoms with E-state index in [4.69, 9.17) is 14.9 Å². The van der Waals surface area contributed by atoms with Gasteiger partial charge in [0.05, 0.1) is 13.2 Å². The second-order valence-corrected chi connectivity index (χ2v) is 3.48. The molecule has 0 heterocycles. The van der Waals surface area contributed by atoms with Gasteiger partial charge < -0.3 is 14.9 Å². The Morgan fingerprint density at radius 3 is 2.54 bits per heavy atom. The van der Waals surface area contributed by atoms with Crippen molar-refractivity contribution in [3.05, 3.63) is 28.7 Å². The highest BCUT2D eigenvalue weighted by Crippen LogP contribution is 2.18. The monoisotopic (exact) mass is 246 g/mol. The summed E-state index contributed by atoms with van der Waals surface area (Å²) in [6.45, 7) is -0.383. The molecule has 4 heteroatoms. The minimum absolute atomic E-state index is 0.191. The quantitative estimate of drug-likeness (QED) is 0.839. The molecule has 2 N–H and O–H groups in total. The highest BCUT2D eigenvalue weighted by atomic mass is 79.9. The van der Waals surface area contributed by atoms with Crippen molar-refractivity contribution in [3.63, 3.8) is 0 Å². The van der Waals surface area contributed by atoms with Crippen molar-refractivity contribution in [2.45, 2.75) is 6.10 Å². The number of aliphatic hydroxyl groups excluding tert-OH is 2. The van der Waals surface area contributed by atoms with Crippen LogP contribution < -0.4 is 4.74 Å². The van der Waals surface area contributed by atoms with Gasteiger partial charge in [-0.2, -0.15) is 0 Å². The summed E-state index contributed by atoms with van der Waals surface area (Å²) in [7, 11) is 0. The highest BCUT2D eigenvalue weighted by Gasteiger charge is 2.06. The number of halogens is 1. The van der Waals surface area contributed by atoms with Gasteiger partial charge in [-0.15, -0.1) is 0 Å².